The van der Waals surface area contributed by atoms with Gasteiger partial charge in [0.15, 0.2) is 0 Å². The number of nitrogens with zero attached hydrogens (tertiary/aromatic N) is 2. The molecule has 24 heavy (non-hydrogen) atoms. The largest absolute Gasteiger partial charge is 0.359 e. The maximum atomic E-state index is 2.45. The molecule has 0 saturated heterocycles. The summed E-state index contributed by atoms with van der Waals surface area (Å²) in [6.45, 7) is 5.56. The van der Waals surface area contributed by atoms with E-state index in [0.29, 0.717) is 0 Å². The van der Waals surface area contributed by atoms with Gasteiger partial charge in [0.05, 0.1) is 6.67 Å². The second kappa shape index (κ2) is 12.0. The monoisotopic (exact) mass is 328 g/mol. The van der Waals surface area contributed by atoms with Crippen LogP contribution in [-0.2, 0) is 6.54 Å². The minimum absolute atomic E-state index is 1.02. The predicted molar refractivity (Wildman–Crippen MR) is 105 cm³/mol. The molecule has 1 aromatic carbocycles. The van der Waals surface area contributed by atoms with Gasteiger partial charge < -0.3 is 9.80 Å². The van der Waals surface area contributed by atoms with Gasteiger partial charge in [0, 0.05) is 25.5 Å². The van der Waals surface area contributed by atoms with Crippen LogP contribution in [0.1, 0.15) is 76.7 Å². The standard InChI is InChI=1S/C22H36N2/c1-2-3-4-5-6-7-8-9-10-14-17-23-18-19-24(21-23)20-22-15-12-11-13-16-22/h11-13,15-16,18-19H,2-10,14,17,20-21H2,1H3. The van der Waals surface area contributed by atoms with Gasteiger partial charge in [0.2, 0.25) is 0 Å². The van der Waals surface area contributed by atoms with E-state index in [1.165, 1.54) is 76.3 Å². The van der Waals surface area contributed by atoms with Crippen molar-refractivity contribution in [1.82, 2.24) is 9.80 Å². The molecule has 0 aliphatic carbocycles. The van der Waals surface area contributed by atoms with Gasteiger partial charge in [-0.2, -0.15) is 0 Å². The third-order valence-corrected chi connectivity index (χ3v) is 4.88. The van der Waals surface area contributed by atoms with E-state index in [-0.39, 0.29) is 0 Å². The summed E-state index contributed by atoms with van der Waals surface area (Å²) in [5.74, 6) is 0. The summed E-state index contributed by atoms with van der Waals surface area (Å²) < 4.78 is 0. The molecule has 1 aliphatic rings. The predicted octanol–water partition coefficient (Wildman–Crippen LogP) is 6.15. The van der Waals surface area contributed by atoms with Crippen molar-refractivity contribution in [2.45, 2.75) is 77.7 Å². The summed E-state index contributed by atoms with van der Waals surface area (Å²) in [6, 6.07) is 10.7. The Morgan fingerprint density at radius 1 is 0.708 bits per heavy atom. The maximum Gasteiger partial charge on any atom is 0.0897 e. The van der Waals surface area contributed by atoms with Crippen LogP contribution in [0.25, 0.3) is 0 Å². The Hall–Kier alpha value is -1.44. The van der Waals surface area contributed by atoms with E-state index in [9.17, 15) is 0 Å². The summed E-state index contributed by atoms with van der Waals surface area (Å²) in [6.07, 6.45) is 18.6. The number of hydrogen-bond acceptors (Lipinski definition) is 2. The minimum atomic E-state index is 1.02. The first kappa shape index (κ1) is 18.9. The first-order valence-corrected chi connectivity index (χ1v) is 10.1. The van der Waals surface area contributed by atoms with Crippen LogP contribution in [0.15, 0.2) is 42.7 Å². The van der Waals surface area contributed by atoms with Crippen molar-refractivity contribution in [1.29, 1.82) is 0 Å². The average molecular weight is 329 g/mol. The Morgan fingerprint density at radius 2 is 1.29 bits per heavy atom. The second-order valence-electron chi connectivity index (χ2n) is 7.17. The van der Waals surface area contributed by atoms with Crippen molar-refractivity contribution in [3.63, 3.8) is 0 Å². The van der Waals surface area contributed by atoms with E-state index in [1.807, 2.05) is 0 Å². The summed E-state index contributed by atoms with van der Waals surface area (Å²) in [5.41, 5.74) is 1.39. The maximum absolute atomic E-state index is 2.45. The van der Waals surface area contributed by atoms with Crippen LogP contribution in [0.2, 0.25) is 0 Å². The van der Waals surface area contributed by atoms with Gasteiger partial charge in [-0.05, 0) is 12.0 Å². The van der Waals surface area contributed by atoms with Gasteiger partial charge in [-0.1, -0.05) is 95.0 Å². The Morgan fingerprint density at radius 3 is 1.96 bits per heavy atom. The molecule has 0 aromatic heterocycles. The van der Waals surface area contributed by atoms with Crippen LogP contribution in [0.5, 0.6) is 0 Å². The van der Waals surface area contributed by atoms with Gasteiger partial charge in [-0.25, -0.2) is 0 Å². The molecular weight excluding hydrogens is 292 g/mol. The van der Waals surface area contributed by atoms with E-state index >= 15 is 0 Å². The molecule has 0 saturated carbocycles. The lowest BCUT2D eigenvalue weighted by molar-refractivity contribution is 0.256. The Kier molecular flexibility index (Phi) is 9.45. The molecule has 1 aliphatic heterocycles. The lowest BCUT2D eigenvalue weighted by Crippen LogP contribution is -2.25. The van der Waals surface area contributed by atoms with Crippen molar-refractivity contribution < 1.29 is 0 Å². The zero-order chi connectivity index (χ0) is 16.9. The summed E-state index contributed by atoms with van der Waals surface area (Å²) in [5, 5.41) is 0. The van der Waals surface area contributed by atoms with Crippen LogP contribution in [0, 0.1) is 0 Å². The lowest BCUT2D eigenvalue weighted by atomic mass is 10.1. The van der Waals surface area contributed by atoms with Gasteiger partial charge in [0.25, 0.3) is 0 Å². The topological polar surface area (TPSA) is 6.48 Å². The highest BCUT2D eigenvalue weighted by Gasteiger charge is 2.11. The fourth-order valence-corrected chi connectivity index (χ4v) is 3.38. The van der Waals surface area contributed by atoms with E-state index in [4.69, 9.17) is 0 Å². The molecule has 2 heteroatoms. The van der Waals surface area contributed by atoms with Crippen molar-refractivity contribution >= 4 is 0 Å². The highest BCUT2D eigenvalue weighted by atomic mass is 15.3. The molecule has 2 nitrogen and oxygen atoms in total. The number of unbranched alkanes of at least 4 members (excludes halogenated alkanes) is 9. The van der Waals surface area contributed by atoms with Gasteiger partial charge in [-0.15, -0.1) is 0 Å². The third-order valence-electron chi connectivity index (χ3n) is 4.88. The van der Waals surface area contributed by atoms with Gasteiger partial charge >= 0.3 is 0 Å². The summed E-state index contributed by atoms with van der Waals surface area (Å²) in [7, 11) is 0. The Bertz CT molecular complexity index is 441. The minimum Gasteiger partial charge on any atom is -0.359 e. The fraction of sp³-hybridized carbons (Fsp3) is 0.636. The molecule has 0 unspecified atom stereocenters. The normalized spacial score (nSPS) is 13.9. The van der Waals surface area contributed by atoms with Crippen molar-refractivity contribution in [2.75, 3.05) is 13.2 Å². The van der Waals surface area contributed by atoms with Crippen LogP contribution < -0.4 is 0 Å². The molecule has 2 rings (SSSR count). The van der Waals surface area contributed by atoms with E-state index < -0.39 is 0 Å². The molecule has 134 valence electrons. The van der Waals surface area contributed by atoms with Crippen molar-refractivity contribution in [3.8, 4) is 0 Å². The van der Waals surface area contributed by atoms with E-state index in [2.05, 4.69) is 59.5 Å². The van der Waals surface area contributed by atoms with Crippen LogP contribution in [0.3, 0.4) is 0 Å². The van der Waals surface area contributed by atoms with E-state index in [1.54, 1.807) is 0 Å². The first-order chi connectivity index (χ1) is 11.9. The number of rotatable bonds is 13. The zero-order valence-corrected chi connectivity index (χ0v) is 15.6. The molecule has 0 N–H and O–H groups in total. The highest BCUT2D eigenvalue weighted by molar-refractivity contribution is 5.15. The second-order valence-corrected chi connectivity index (χ2v) is 7.17. The number of hydrogen-bond donors (Lipinski definition) is 0. The molecule has 0 fully saturated rings. The fourth-order valence-electron chi connectivity index (χ4n) is 3.38. The number of benzene rings is 1. The molecule has 0 spiro atoms. The third kappa shape index (κ3) is 7.90. The Labute approximate surface area is 149 Å². The van der Waals surface area contributed by atoms with Crippen LogP contribution >= 0.6 is 0 Å². The van der Waals surface area contributed by atoms with E-state index in [0.717, 1.165) is 13.2 Å². The van der Waals surface area contributed by atoms with Crippen molar-refractivity contribution in [3.05, 3.63) is 48.3 Å². The first-order valence-electron chi connectivity index (χ1n) is 10.1. The van der Waals surface area contributed by atoms with Crippen molar-refractivity contribution in [2.24, 2.45) is 0 Å². The molecular formula is C22H36N2. The molecule has 0 bridgehead atoms. The van der Waals surface area contributed by atoms with Crippen LogP contribution in [-0.4, -0.2) is 23.0 Å². The molecule has 1 aromatic rings. The quantitative estimate of drug-likeness (QED) is 0.400. The SMILES string of the molecule is CCCCCCCCCCCCN1C=CN(Cc2ccccc2)C1. The summed E-state index contributed by atoms with van der Waals surface area (Å²) >= 11 is 0. The smallest absolute Gasteiger partial charge is 0.0897 e. The molecule has 0 amide bonds. The highest BCUT2D eigenvalue weighted by Crippen LogP contribution is 2.14. The molecule has 0 atom stereocenters. The van der Waals surface area contributed by atoms with Crippen LogP contribution in [0.4, 0.5) is 0 Å². The molecule has 0 radical (unpaired) electrons. The molecule has 1 heterocycles. The lowest BCUT2D eigenvalue weighted by Gasteiger charge is -2.21. The zero-order valence-electron chi connectivity index (χ0n) is 15.6. The van der Waals surface area contributed by atoms with Gasteiger partial charge in [0.1, 0.15) is 0 Å². The Balaban J connectivity index is 1.43. The van der Waals surface area contributed by atoms with Gasteiger partial charge in [-0.3, -0.25) is 0 Å². The summed E-state index contributed by atoms with van der Waals surface area (Å²) in [4.78, 5) is 4.85. The average Bonchev–Trinajstić information content (AvgIpc) is 3.05.